The first-order valence-corrected chi connectivity index (χ1v) is 4.83. The van der Waals surface area contributed by atoms with E-state index in [1.54, 1.807) is 0 Å². The van der Waals surface area contributed by atoms with Gasteiger partial charge in [-0.3, -0.25) is 9.69 Å². The quantitative estimate of drug-likeness (QED) is 0.627. The molecule has 1 heterocycles. The molecule has 4 nitrogen and oxygen atoms in total. The van der Waals surface area contributed by atoms with Crippen molar-refractivity contribution in [1.82, 2.24) is 10.2 Å². The van der Waals surface area contributed by atoms with Gasteiger partial charge < -0.3 is 10.4 Å². The Balaban J connectivity index is 2.26. The molecule has 1 fully saturated rings. The van der Waals surface area contributed by atoms with Gasteiger partial charge in [0.05, 0.1) is 6.61 Å². The summed E-state index contributed by atoms with van der Waals surface area (Å²) in [5, 5.41) is 11.6. The normalized spacial score (nSPS) is 23.4. The summed E-state index contributed by atoms with van der Waals surface area (Å²) >= 11 is 0. The second kappa shape index (κ2) is 5.19. The molecule has 1 aliphatic rings. The van der Waals surface area contributed by atoms with Crippen LogP contribution in [0.4, 0.5) is 0 Å². The molecule has 1 rings (SSSR count). The summed E-state index contributed by atoms with van der Waals surface area (Å²) < 4.78 is 0. The number of likely N-dealkylation sites (tertiary alicyclic amines) is 1. The Bertz CT molecular complexity index is 173. The maximum atomic E-state index is 10.7. The minimum absolute atomic E-state index is 0.0239. The fourth-order valence-electron chi connectivity index (χ4n) is 1.81. The van der Waals surface area contributed by atoms with Crippen molar-refractivity contribution in [3.63, 3.8) is 0 Å². The fourth-order valence-corrected chi connectivity index (χ4v) is 1.81. The maximum Gasteiger partial charge on any atom is 0.216 e. The van der Waals surface area contributed by atoms with Crippen LogP contribution in [0.2, 0.25) is 0 Å². The molecule has 0 aromatic rings. The van der Waals surface area contributed by atoms with Crippen LogP contribution < -0.4 is 5.32 Å². The SMILES string of the molecule is CC(=O)NCC1CCCN1CCO. The summed E-state index contributed by atoms with van der Waals surface area (Å²) in [6.45, 7) is 4.23. The van der Waals surface area contributed by atoms with Crippen LogP contribution in [0.15, 0.2) is 0 Å². The number of carbonyl (C=O) groups excluding carboxylic acids is 1. The Labute approximate surface area is 78.9 Å². The first-order chi connectivity index (χ1) is 6.24. The highest BCUT2D eigenvalue weighted by Gasteiger charge is 2.23. The average Bonchev–Trinajstić information content (AvgIpc) is 2.49. The molecule has 4 heteroatoms. The highest BCUT2D eigenvalue weighted by atomic mass is 16.3. The number of hydrogen-bond donors (Lipinski definition) is 2. The van der Waals surface area contributed by atoms with Crippen molar-refractivity contribution >= 4 is 5.91 Å². The largest absolute Gasteiger partial charge is 0.395 e. The standard InChI is InChI=1S/C9H18N2O2/c1-8(13)10-7-9-3-2-4-11(9)5-6-12/h9,12H,2-7H2,1H3,(H,10,13). The highest BCUT2D eigenvalue weighted by molar-refractivity contribution is 5.72. The van der Waals surface area contributed by atoms with E-state index in [0.717, 1.165) is 26.1 Å². The number of β-amino-alcohol motifs (C(OH)–C–C–N with tert-alkyl or cyclic N) is 1. The Morgan fingerprint density at radius 1 is 1.69 bits per heavy atom. The van der Waals surface area contributed by atoms with Crippen molar-refractivity contribution in [1.29, 1.82) is 0 Å². The van der Waals surface area contributed by atoms with Gasteiger partial charge in [-0.2, -0.15) is 0 Å². The molecule has 0 saturated carbocycles. The van der Waals surface area contributed by atoms with E-state index in [2.05, 4.69) is 10.2 Å². The van der Waals surface area contributed by atoms with Crippen LogP contribution >= 0.6 is 0 Å². The van der Waals surface area contributed by atoms with E-state index >= 15 is 0 Å². The monoisotopic (exact) mass is 186 g/mol. The van der Waals surface area contributed by atoms with E-state index < -0.39 is 0 Å². The second-order valence-corrected chi connectivity index (χ2v) is 3.49. The van der Waals surface area contributed by atoms with Crippen molar-refractivity contribution in [3.8, 4) is 0 Å². The zero-order valence-electron chi connectivity index (χ0n) is 8.12. The van der Waals surface area contributed by atoms with Crippen LogP contribution in [0.5, 0.6) is 0 Å². The van der Waals surface area contributed by atoms with E-state index in [9.17, 15) is 4.79 Å². The van der Waals surface area contributed by atoms with Gasteiger partial charge >= 0.3 is 0 Å². The zero-order chi connectivity index (χ0) is 9.68. The molecule has 1 unspecified atom stereocenters. The summed E-state index contributed by atoms with van der Waals surface area (Å²) in [7, 11) is 0. The smallest absolute Gasteiger partial charge is 0.216 e. The lowest BCUT2D eigenvalue weighted by molar-refractivity contribution is -0.119. The summed E-state index contributed by atoms with van der Waals surface area (Å²) in [5.74, 6) is 0.0239. The van der Waals surface area contributed by atoms with Crippen molar-refractivity contribution < 1.29 is 9.90 Å². The Morgan fingerprint density at radius 2 is 2.46 bits per heavy atom. The first kappa shape index (κ1) is 10.5. The molecule has 1 saturated heterocycles. The lowest BCUT2D eigenvalue weighted by Gasteiger charge is -2.23. The lowest BCUT2D eigenvalue weighted by Crippen LogP contribution is -2.40. The van der Waals surface area contributed by atoms with Gasteiger partial charge in [0.15, 0.2) is 0 Å². The average molecular weight is 186 g/mol. The number of aliphatic hydroxyl groups is 1. The third-order valence-corrected chi connectivity index (χ3v) is 2.47. The van der Waals surface area contributed by atoms with E-state index in [1.807, 2.05) is 0 Å². The van der Waals surface area contributed by atoms with Crippen molar-refractivity contribution in [2.45, 2.75) is 25.8 Å². The van der Waals surface area contributed by atoms with Gasteiger partial charge in [-0.15, -0.1) is 0 Å². The number of carbonyl (C=O) groups is 1. The van der Waals surface area contributed by atoms with Crippen LogP contribution in [0, 0.1) is 0 Å². The molecule has 1 atom stereocenters. The van der Waals surface area contributed by atoms with Gasteiger partial charge in [0.1, 0.15) is 0 Å². The van der Waals surface area contributed by atoms with Crippen LogP contribution in [0.3, 0.4) is 0 Å². The number of nitrogens with one attached hydrogen (secondary N) is 1. The minimum atomic E-state index is 0.0239. The van der Waals surface area contributed by atoms with Crippen LogP contribution in [0.25, 0.3) is 0 Å². The van der Waals surface area contributed by atoms with Crippen molar-refractivity contribution in [2.24, 2.45) is 0 Å². The third-order valence-electron chi connectivity index (χ3n) is 2.47. The molecule has 0 radical (unpaired) electrons. The minimum Gasteiger partial charge on any atom is -0.395 e. The third kappa shape index (κ3) is 3.32. The van der Waals surface area contributed by atoms with E-state index in [1.165, 1.54) is 13.3 Å². The molecule has 13 heavy (non-hydrogen) atoms. The molecular weight excluding hydrogens is 168 g/mol. The van der Waals surface area contributed by atoms with E-state index in [0.29, 0.717) is 6.04 Å². The summed E-state index contributed by atoms with van der Waals surface area (Å²) in [4.78, 5) is 12.9. The fraction of sp³-hybridized carbons (Fsp3) is 0.889. The van der Waals surface area contributed by atoms with Gasteiger partial charge in [-0.25, -0.2) is 0 Å². The van der Waals surface area contributed by atoms with E-state index in [4.69, 9.17) is 5.11 Å². The number of rotatable bonds is 4. The summed E-state index contributed by atoms with van der Waals surface area (Å²) in [5.41, 5.74) is 0. The highest BCUT2D eigenvalue weighted by Crippen LogP contribution is 2.15. The lowest BCUT2D eigenvalue weighted by atomic mass is 10.2. The number of amides is 1. The predicted octanol–water partition coefficient (Wildman–Crippen LogP) is -0.421. The van der Waals surface area contributed by atoms with Gasteiger partial charge in [0.2, 0.25) is 5.91 Å². The van der Waals surface area contributed by atoms with Gasteiger partial charge in [0, 0.05) is 26.1 Å². The first-order valence-electron chi connectivity index (χ1n) is 4.83. The molecule has 0 spiro atoms. The van der Waals surface area contributed by atoms with Crippen LogP contribution in [-0.2, 0) is 4.79 Å². The maximum absolute atomic E-state index is 10.7. The number of hydrogen-bond acceptors (Lipinski definition) is 3. The molecule has 0 bridgehead atoms. The molecular formula is C9H18N2O2. The molecule has 76 valence electrons. The zero-order valence-corrected chi connectivity index (χ0v) is 8.12. The van der Waals surface area contributed by atoms with Crippen LogP contribution in [0.1, 0.15) is 19.8 Å². The second-order valence-electron chi connectivity index (χ2n) is 3.49. The summed E-state index contributed by atoms with van der Waals surface area (Å²) in [6.07, 6.45) is 2.30. The summed E-state index contributed by atoms with van der Waals surface area (Å²) in [6, 6.07) is 0.427. The molecule has 0 aliphatic carbocycles. The molecule has 0 aromatic carbocycles. The van der Waals surface area contributed by atoms with E-state index in [-0.39, 0.29) is 12.5 Å². The van der Waals surface area contributed by atoms with Crippen molar-refractivity contribution in [2.75, 3.05) is 26.2 Å². The van der Waals surface area contributed by atoms with Gasteiger partial charge in [-0.1, -0.05) is 0 Å². The number of nitrogens with zero attached hydrogens (tertiary/aromatic N) is 1. The van der Waals surface area contributed by atoms with Gasteiger partial charge in [0.25, 0.3) is 0 Å². The van der Waals surface area contributed by atoms with Crippen molar-refractivity contribution in [3.05, 3.63) is 0 Å². The predicted molar refractivity (Wildman–Crippen MR) is 50.4 cm³/mol. The Hall–Kier alpha value is -0.610. The van der Waals surface area contributed by atoms with Crippen LogP contribution in [-0.4, -0.2) is 48.2 Å². The molecule has 2 N–H and O–H groups in total. The Kier molecular flexibility index (Phi) is 4.18. The Morgan fingerprint density at radius 3 is 3.08 bits per heavy atom. The molecule has 1 amide bonds. The molecule has 1 aliphatic heterocycles. The topological polar surface area (TPSA) is 52.6 Å². The van der Waals surface area contributed by atoms with Gasteiger partial charge in [-0.05, 0) is 19.4 Å². The number of aliphatic hydroxyl groups excluding tert-OH is 1. The molecule has 0 aromatic heterocycles.